The molecule has 1 aromatic carbocycles. The Balaban J connectivity index is 1.86. The molecule has 1 saturated heterocycles. The second kappa shape index (κ2) is 7.59. The molecule has 1 N–H and O–H groups in total. The summed E-state index contributed by atoms with van der Waals surface area (Å²) in [7, 11) is 0. The molecule has 1 aliphatic heterocycles. The number of hydrogen-bond acceptors (Lipinski definition) is 3. The van der Waals surface area contributed by atoms with Crippen LogP contribution in [0.4, 0.5) is 5.69 Å². The van der Waals surface area contributed by atoms with E-state index >= 15 is 0 Å². The molecule has 1 aromatic rings. The normalized spacial score (nSPS) is 19.6. The van der Waals surface area contributed by atoms with Crippen LogP contribution in [0.15, 0.2) is 71.9 Å². The van der Waals surface area contributed by atoms with Gasteiger partial charge in [0.15, 0.2) is 5.11 Å². The Kier molecular flexibility index (Phi) is 5.26. The van der Waals surface area contributed by atoms with Gasteiger partial charge in [-0.1, -0.05) is 42.0 Å². The van der Waals surface area contributed by atoms with Crippen molar-refractivity contribution in [3.8, 4) is 0 Å². The summed E-state index contributed by atoms with van der Waals surface area (Å²) in [6, 6.07) is 6.68. The maximum absolute atomic E-state index is 12.7. The van der Waals surface area contributed by atoms with E-state index in [0.717, 1.165) is 18.4 Å². The number of amides is 2. The van der Waals surface area contributed by atoms with Gasteiger partial charge >= 0.3 is 0 Å². The van der Waals surface area contributed by atoms with Gasteiger partial charge in [-0.2, -0.15) is 0 Å². The molecule has 0 spiro atoms. The fourth-order valence-corrected chi connectivity index (χ4v) is 2.94. The number of hydrogen-bond donors (Lipinski definition) is 1. The molecule has 0 saturated carbocycles. The standard InChI is InChI=1S/C19H15ClN2O2S/c20-14-9-11-15(12-10-14)22-18(24)16(17(23)21-19(22)25)8-4-7-13-5-2-1-3-6-13/h1-2,4-5,7-12H,3,6H2,(H,21,23,25)/b7-4+,16-8+. The Bertz CT molecular complexity index is 851. The van der Waals surface area contributed by atoms with Crippen molar-refractivity contribution in [2.75, 3.05) is 4.90 Å². The molecule has 0 aromatic heterocycles. The van der Waals surface area contributed by atoms with Crippen molar-refractivity contribution in [1.82, 2.24) is 5.32 Å². The van der Waals surface area contributed by atoms with Gasteiger partial charge in [0.25, 0.3) is 11.8 Å². The van der Waals surface area contributed by atoms with Crippen LogP contribution in [0.2, 0.25) is 5.02 Å². The highest BCUT2D eigenvalue weighted by Crippen LogP contribution is 2.22. The lowest BCUT2D eigenvalue weighted by molar-refractivity contribution is -0.122. The minimum atomic E-state index is -0.498. The monoisotopic (exact) mass is 370 g/mol. The van der Waals surface area contributed by atoms with E-state index in [-0.39, 0.29) is 10.7 Å². The third-order valence-corrected chi connectivity index (χ3v) is 4.34. The summed E-state index contributed by atoms with van der Waals surface area (Å²) < 4.78 is 0. The highest BCUT2D eigenvalue weighted by Gasteiger charge is 2.33. The number of nitrogens with zero attached hydrogens (tertiary/aromatic N) is 1. The van der Waals surface area contributed by atoms with Crippen molar-refractivity contribution in [2.24, 2.45) is 0 Å². The van der Waals surface area contributed by atoms with Gasteiger partial charge in [-0.25, -0.2) is 0 Å². The molecule has 25 heavy (non-hydrogen) atoms. The van der Waals surface area contributed by atoms with Crippen molar-refractivity contribution in [2.45, 2.75) is 12.8 Å². The summed E-state index contributed by atoms with van der Waals surface area (Å²) in [6.07, 6.45) is 13.2. The first-order chi connectivity index (χ1) is 12.1. The van der Waals surface area contributed by atoms with Crippen LogP contribution in [0.1, 0.15) is 12.8 Å². The van der Waals surface area contributed by atoms with Crippen molar-refractivity contribution >= 4 is 46.4 Å². The van der Waals surface area contributed by atoms with Crippen LogP contribution >= 0.6 is 23.8 Å². The molecule has 2 amide bonds. The molecule has 0 radical (unpaired) electrons. The fourth-order valence-electron chi connectivity index (χ4n) is 2.53. The van der Waals surface area contributed by atoms with Crippen molar-refractivity contribution in [1.29, 1.82) is 0 Å². The van der Waals surface area contributed by atoms with Crippen LogP contribution in [-0.2, 0) is 9.59 Å². The summed E-state index contributed by atoms with van der Waals surface area (Å²) in [5.74, 6) is -0.958. The van der Waals surface area contributed by atoms with E-state index in [1.807, 2.05) is 18.2 Å². The molecule has 1 heterocycles. The quantitative estimate of drug-likeness (QED) is 0.499. The summed E-state index contributed by atoms with van der Waals surface area (Å²) in [5.41, 5.74) is 1.73. The molecule has 6 heteroatoms. The highest BCUT2D eigenvalue weighted by atomic mass is 35.5. The van der Waals surface area contributed by atoms with Crippen LogP contribution in [0.25, 0.3) is 0 Å². The predicted octanol–water partition coefficient (Wildman–Crippen LogP) is 3.85. The number of benzene rings is 1. The zero-order chi connectivity index (χ0) is 17.8. The van der Waals surface area contributed by atoms with Gasteiger partial charge in [-0.15, -0.1) is 0 Å². The van der Waals surface area contributed by atoms with E-state index in [2.05, 4.69) is 11.4 Å². The van der Waals surface area contributed by atoms with Gasteiger partial charge in [-0.05, 0) is 61.0 Å². The van der Waals surface area contributed by atoms with Gasteiger partial charge in [0, 0.05) is 5.02 Å². The number of nitrogens with one attached hydrogen (secondary N) is 1. The second-order valence-electron chi connectivity index (χ2n) is 5.52. The van der Waals surface area contributed by atoms with Crippen LogP contribution in [0.5, 0.6) is 0 Å². The summed E-state index contributed by atoms with van der Waals surface area (Å²) in [5, 5.41) is 3.15. The van der Waals surface area contributed by atoms with Gasteiger partial charge in [0.05, 0.1) is 5.69 Å². The molecule has 0 unspecified atom stereocenters. The average Bonchev–Trinajstić information content (AvgIpc) is 2.60. The average molecular weight is 371 g/mol. The summed E-state index contributed by atoms with van der Waals surface area (Å²) in [4.78, 5) is 26.2. The molecular weight excluding hydrogens is 356 g/mol. The molecule has 2 aliphatic rings. The molecule has 1 aliphatic carbocycles. The number of carbonyl (C=O) groups excluding carboxylic acids is 2. The third kappa shape index (κ3) is 3.95. The molecular formula is C19H15ClN2O2S. The van der Waals surface area contributed by atoms with Gasteiger partial charge < -0.3 is 0 Å². The Morgan fingerprint density at radius 1 is 1.20 bits per heavy atom. The van der Waals surface area contributed by atoms with Gasteiger partial charge in [0.2, 0.25) is 0 Å². The Morgan fingerprint density at radius 2 is 1.96 bits per heavy atom. The van der Waals surface area contributed by atoms with Crippen molar-refractivity contribution in [3.05, 3.63) is 76.9 Å². The Hall–Kier alpha value is -2.50. The topological polar surface area (TPSA) is 49.4 Å². The number of rotatable bonds is 3. The van der Waals surface area contributed by atoms with E-state index in [9.17, 15) is 9.59 Å². The van der Waals surface area contributed by atoms with Crippen LogP contribution in [0.3, 0.4) is 0 Å². The molecule has 4 nitrogen and oxygen atoms in total. The highest BCUT2D eigenvalue weighted by molar-refractivity contribution is 7.80. The largest absolute Gasteiger partial charge is 0.298 e. The molecule has 126 valence electrons. The lowest BCUT2D eigenvalue weighted by Crippen LogP contribution is -2.54. The van der Waals surface area contributed by atoms with Gasteiger partial charge in [0.1, 0.15) is 5.57 Å². The molecule has 3 rings (SSSR count). The Labute approximate surface area is 156 Å². The zero-order valence-corrected chi connectivity index (χ0v) is 14.8. The molecule has 1 fully saturated rings. The fraction of sp³-hybridized carbons (Fsp3) is 0.105. The minimum absolute atomic E-state index is 0.0340. The van der Waals surface area contributed by atoms with Crippen molar-refractivity contribution in [3.63, 3.8) is 0 Å². The smallest absolute Gasteiger partial charge is 0.270 e. The first-order valence-electron chi connectivity index (χ1n) is 7.75. The maximum Gasteiger partial charge on any atom is 0.270 e. The lowest BCUT2D eigenvalue weighted by atomic mass is 10.0. The van der Waals surface area contributed by atoms with E-state index in [1.54, 1.807) is 30.3 Å². The summed E-state index contributed by atoms with van der Waals surface area (Å²) >= 11 is 11.0. The first-order valence-corrected chi connectivity index (χ1v) is 8.54. The van der Waals surface area contributed by atoms with Crippen LogP contribution in [0, 0.1) is 0 Å². The van der Waals surface area contributed by atoms with E-state index in [0.29, 0.717) is 10.7 Å². The van der Waals surface area contributed by atoms with E-state index in [4.69, 9.17) is 23.8 Å². The Morgan fingerprint density at radius 3 is 2.64 bits per heavy atom. The van der Waals surface area contributed by atoms with E-state index in [1.165, 1.54) is 11.0 Å². The number of anilines is 1. The molecule has 0 bridgehead atoms. The number of allylic oxidation sites excluding steroid dienone is 7. The number of carbonyl (C=O) groups is 2. The van der Waals surface area contributed by atoms with Crippen LogP contribution < -0.4 is 10.2 Å². The zero-order valence-electron chi connectivity index (χ0n) is 13.2. The first kappa shape index (κ1) is 17.3. The predicted molar refractivity (Wildman–Crippen MR) is 103 cm³/mol. The number of halogens is 1. The SMILES string of the molecule is O=C1NC(=S)N(c2ccc(Cl)cc2)C(=O)/C1=C/C=C/C1=CC=CCC1. The lowest BCUT2D eigenvalue weighted by Gasteiger charge is -2.28. The van der Waals surface area contributed by atoms with E-state index < -0.39 is 11.8 Å². The second-order valence-corrected chi connectivity index (χ2v) is 6.35. The summed E-state index contributed by atoms with van der Waals surface area (Å²) in [6.45, 7) is 0. The molecule has 0 atom stereocenters. The van der Waals surface area contributed by atoms with Gasteiger partial charge in [-0.3, -0.25) is 19.8 Å². The number of thiocarbonyl (C=S) groups is 1. The maximum atomic E-state index is 12.7. The minimum Gasteiger partial charge on any atom is -0.298 e. The third-order valence-electron chi connectivity index (χ3n) is 3.81. The van der Waals surface area contributed by atoms with Crippen LogP contribution in [-0.4, -0.2) is 16.9 Å². The van der Waals surface area contributed by atoms with Crippen molar-refractivity contribution < 1.29 is 9.59 Å².